The van der Waals surface area contributed by atoms with Crippen LogP contribution < -0.4 is 5.32 Å². The minimum atomic E-state index is 0.939. The predicted molar refractivity (Wildman–Crippen MR) is 70.6 cm³/mol. The second-order valence-electron chi connectivity index (χ2n) is 3.60. The van der Waals surface area contributed by atoms with Gasteiger partial charge in [0.25, 0.3) is 0 Å². The van der Waals surface area contributed by atoms with E-state index in [1.165, 1.54) is 15.0 Å². The zero-order valence-corrected chi connectivity index (χ0v) is 11.5. The quantitative estimate of drug-likeness (QED) is 0.860. The maximum atomic E-state index is 4.14. The van der Waals surface area contributed by atoms with E-state index in [9.17, 15) is 0 Å². The van der Waals surface area contributed by atoms with Crippen molar-refractivity contribution < 1.29 is 0 Å². The first-order valence-electron chi connectivity index (χ1n) is 5.16. The number of aryl methyl sites for hydroxylation is 1. The van der Waals surface area contributed by atoms with E-state index in [1.807, 2.05) is 17.9 Å². The Balaban J connectivity index is 1.71. The lowest BCUT2D eigenvalue weighted by Crippen LogP contribution is -2.17. The molecule has 0 saturated heterocycles. The molecule has 0 aliphatic heterocycles. The number of rotatable bonds is 5. The normalized spacial score (nSPS) is 10.9. The number of thiophene rings is 1. The molecule has 0 amide bonds. The third-order valence-corrected chi connectivity index (χ3v) is 4.10. The molecular weight excluding hydrogens is 286 g/mol. The van der Waals surface area contributed by atoms with Gasteiger partial charge in [0.1, 0.15) is 0 Å². The Hall–Kier alpha value is -0.650. The van der Waals surface area contributed by atoms with Crippen LogP contribution in [0.4, 0.5) is 0 Å². The monoisotopic (exact) mass is 299 g/mol. The molecule has 0 fully saturated rings. The molecule has 0 aliphatic carbocycles. The standard InChI is InChI=1S/C11H14BrN3S/c1-15-10(3-5-14-15)2-4-13-7-11-6-9(12)8-16-11/h3,5-6,8,13H,2,4,7H2,1H3. The lowest BCUT2D eigenvalue weighted by atomic mass is 10.3. The average molecular weight is 300 g/mol. The van der Waals surface area contributed by atoms with Gasteiger partial charge < -0.3 is 5.32 Å². The number of nitrogens with zero attached hydrogens (tertiary/aromatic N) is 2. The molecule has 5 heteroatoms. The van der Waals surface area contributed by atoms with Crippen LogP contribution in [0.5, 0.6) is 0 Å². The fourth-order valence-electron chi connectivity index (χ4n) is 1.52. The van der Waals surface area contributed by atoms with Gasteiger partial charge in [-0.1, -0.05) is 0 Å². The van der Waals surface area contributed by atoms with Crippen molar-refractivity contribution in [1.82, 2.24) is 15.1 Å². The summed E-state index contributed by atoms with van der Waals surface area (Å²) in [6, 6.07) is 4.21. The molecule has 0 aliphatic rings. The summed E-state index contributed by atoms with van der Waals surface area (Å²) in [6.07, 6.45) is 2.86. The van der Waals surface area contributed by atoms with E-state index in [0.717, 1.165) is 19.5 Å². The minimum absolute atomic E-state index is 0.939. The summed E-state index contributed by atoms with van der Waals surface area (Å²) in [5.74, 6) is 0. The molecule has 86 valence electrons. The molecule has 2 heterocycles. The van der Waals surface area contributed by atoms with Crippen LogP contribution in [-0.4, -0.2) is 16.3 Å². The molecule has 0 radical (unpaired) electrons. The Morgan fingerprint density at radius 3 is 3.06 bits per heavy atom. The van der Waals surface area contributed by atoms with Crippen LogP contribution in [0, 0.1) is 0 Å². The van der Waals surface area contributed by atoms with Crippen LogP contribution in [0.15, 0.2) is 28.2 Å². The second-order valence-corrected chi connectivity index (χ2v) is 5.52. The van der Waals surface area contributed by atoms with E-state index >= 15 is 0 Å². The van der Waals surface area contributed by atoms with Crippen LogP contribution in [0.3, 0.4) is 0 Å². The number of hydrogen-bond acceptors (Lipinski definition) is 3. The largest absolute Gasteiger partial charge is 0.311 e. The summed E-state index contributed by atoms with van der Waals surface area (Å²) >= 11 is 5.23. The van der Waals surface area contributed by atoms with Crippen LogP contribution in [0.2, 0.25) is 0 Å². The van der Waals surface area contributed by atoms with Crippen molar-refractivity contribution in [2.24, 2.45) is 7.05 Å². The van der Waals surface area contributed by atoms with E-state index in [4.69, 9.17) is 0 Å². The topological polar surface area (TPSA) is 29.9 Å². The van der Waals surface area contributed by atoms with E-state index in [1.54, 1.807) is 11.3 Å². The van der Waals surface area contributed by atoms with Gasteiger partial charge >= 0.3 is 0 Å². The third-order valence-electron chi connectivity index (χ3n) is 2.40. The van der Waals surface area contributed by atoms with Crippen LogP contribution >= 0.6 is 27.3 Å². The first kappa shape index (κ1) is 11.8. The van der Waals surface area contributed by atoms with Crippen LogP contribution in [0.25, 0.3) is 0 Å². The number of hydrogen-bond donors (Lipinski definition) is 1. The first-order valence-corrected chi connectivity index (χ1v) is 6.83. The van der Waals surface area contributed by atoms with Crippen molar-refractivity contribution in [1.29, 1.82) is 0 Å². The molecule has 0 bridgehead atoms. The van der Waals surface area contributed by atoms with Crippen LogP contribution in [-0.2, 0) is 20.0 Å². The number of aromatic nitrogens is 2. The van der Waals surface area contributed by atoms with Gasteiger partial charge in [0.2, 0.25) is 0 Å². The van der Waals surface area contributed by atoms with Gasteiger partial charge in [-0.3, -0.25) is 4.68 Å². The molecule has 0 atom stereocenters. The lowest BCUT2D eigenvalue weighted by Gasteiger charge is -2.03. The predicted octanol–water partition coefficient (Wildman–Crippen LogP) is 2.58. The van der Waals surface area contributed by atoms with Gasteiger partial charge in [0.15, 0.2) is 0 Å². The highest BCUT2D eigenvalue weighted by Gasteiger charge is 1.99. The van der Waals surface area contributed by atoms with Crippen molar-refractivity contribution in [2.75, 3.05) is 6.54 Å². The highest BCUT2D eigenvalue weighted by atomic mass is 79.9. The van der Waals surface area contributed by atoms with E-state index in [0.29, 0.717) is 0 Å². The molecule has 3 nitrogen and oxygen atoms in total. The van der Waals surface area contributed by atoms with Gasteiger partial charge in [-0.25, -0.2) is 0 Å². The maximum Gasteiger partial charge on any atom is 0.0492 e. The van der Waals surface area contributed by atoms with Crippen molar-refractivity contribution in [3.63, 3.8) is 0 Å². The Kier molecular flexibility index (Phi) is 4.15. The molecule has 0 saturated carbocycles. The summed E-state index contributed by atoms with van der Waals surface area (Å²) in [6.45, 7) is 1.92. The van der Waals surface area contributed by atoms with Gasteiger partial charge in [-0.15, -0.1) is 11.3 Å². The third kappa shape index (κ3) is 3.17. The molecule has 1 N–H and O–H groups in total. The highest BCUT2D eigenvalue weighted by Crippen LogP contribution is 2.19. The second kappa shape index (κ2) is 5.61. The molecule has 2 aromatic rings. The Morgan fingerprint density at radius 2 is 2.44 bits per heavy atom. The fraction of sp³-hybridized carbons (Fsp3) is 0.364. The molecule has 0 spiro atoms. The number of nitrogens with one attached hydrogen (secondary N) is 1. The van der Waals surface area contributed by atoms with Gasteiger partial charge in [0.05, 0.1) is 0 Å². The van der Waals surface area contributed by atoms with Crippen molar-refractivity contribution in [3.05, 3.63) is 38.8 Å². The SMILES string of the molecule is Cn1nccc1CCNCc1cc(Br)cs1. The smallest absolute Gasteiger partial charge is 0.0492 e. The summed E-state index contributed by atoms with van der Waals surface area (Å²) in [5.41, 5.74) is 1.26. The number of halogens is 1. The Bertz CT molecular complexity index is 450. The van der Waals surface area contributed by atoms with Crippen molar-refractivity contribution in [2.45, 2.75) is 13.0 Å². The molecule has 0 aromatic carbocycles. The first-order chi connectivity index (χ1) is 7.75. The van der Waals surface area contributed by atoms with Crippen LogP contribution in [0.1, 0.15) is 10.6 Å². The zero-order valence-electron chi connectivity index (χ0n) is 9.11. The summed E-state index contributed by atoms with van der Waals surface area (Å²) in [5, 5.41) is 9.68. The summed E-state index contributed by atoms with van der Waals surface area (Å²) in [4.78, 5) is 1.36. The average Bonchev–Trinajstić information content (AvgIpc) is 2.83. The zero-order chi connectivity index (χ0) is 11.4. The van der Waals surface area contributed by atoms with Gasteiger partial charge in [-0.05, 0) is 28.1 Å². The molecule has 2 rings (SSSR count). The van der Waals surface area contributed by atoms with E-state index < -0.39 is 0 Å². The summed E-state index contributed by atoms with van der Waals surface area (Å²) in [7, 11) is 1.98. The van der Waals surface area contributed by atoms with Crippen molar-refractivity contribution in [3.8, 4) is 0 Å². The minimum Gasteiger partial charge on any atom is -0.311 e. The molecular formula is C11H14BrN3S. The highest BCUT2D eigenvalue weighted by molar-refractivity contribution is 9.10. The maximum absolute atomic E-state index is 4.14. The molecule has 16 heavy (non-hydrogen) atoms. The van der Waals surface area contributed by atoms with Gasteiger partial charge in [-0.2, -0.15) is 5.10 Å². The lowest BCUT2D eigenvalue weighted by molar-refractivity contribution is 0.646. The summed E-state index contributed by atoms with van der Waals surface area (Å²) < 4.78 is 3.09. The molecule has 2 aromatic heterocycles. The Morgan fingerprint density at radius 1 is 1.56 bits per heavy atom. The van der Waals surface area contributed by atoms with Gasteiger partial charge in [0, 0.05) is 53.2 Å². The molecule has 0 unspecified atom stereocenters. The van der Waals surface area contributed by atoms with E-state index in [-0.39, 0.29) is 0 Å². The fourth-order valence-corrected chi connectivity index (χ4v) is 2.94. The van der Waals surface area contributed by atoms with Crippen molar-refractivity contribution >= 4 is 27.3 Å². The Labute approximate surface area is 108 Å². The van der Waals surface area contributed by atoms with E-state index in [2.05, 4.69) is 43.9 Å².